The van der Waals surface area contributed by atoms with Crippen LogP contribution >= 0.6 is 24.2 Å². The minimum absolute atomic E-state index is 0.137. The van der Waals surface area contributed by atoms with Crippen molar-refractivity contribution in [1.82, 2.24) is 0 Å². The standard InChI is InChI=1S/C11H6ClF3N2OS/c12-9(18)8(5-16)10(19)17-7-3-1-6(2-4-7)11(13,14)15/h1-4,17,19H. The van der Waals surface area contributed by atoms with Crippen LogP contribution in [0.15, 0.2) is 34.9 Å². The molecule has 0 atom stereocenters. The summed E-state index contributed by atoms with van der Waals surface area (Å²) in [7, 11) is 0. The Balaban J connectivity index is 2.97. The maximum absolute atomic E-state index is 12.3. The van der Waals surface area contributed by atoms with Crippen LogP contribution in [0.25, 0.3) is 0 Å². The summed E-state index contributed by atoms with van der Waals surface area (Å²) in [6.07, 6.45) is -4.43. The van der Waals surface area contributed by atoms with Crippen LogP contribution in [0.5, 0.6) is 0 Å². The fourth-order valence-corrected chi connectivity index (χ4v) is 1.62. The molecule has 0 bridgehead atoms. The van der Waals surface area contributed by atoms with Crippen LogP contribution < -0.4 is 5.32 Å². The average molecular weight is 307 g/mol. The first-order valence-corrected chi connectivity index (χ1v) is 5.55. The zero-order valence-corrected chi connectivity index (χ0v) is 10.8. The Labute approximate surface area is 117 Å². The van der Waals surface area contributed by atoms with E-state index in [0.29, 0.717) is 0 Å². The van der Waals surface area contributed by atoms with Gasteiger partial charge in [0.2, 0.25) is 0 Å². The van der Waals surface area contributed by atoms with Gasteiger partial charge < -0.3 is 5.32 Å². The van der Waals surface area contributed by atoms with Crippen LogP contribution in [0.2, 0.25) is 0 Å². The van der Waals surface area contributed by atoms with Crippen molar-refractivity contribution in [2.24, 2.45) is 0 Å². The minimum Gasteiger partial charge on any atom is -0.349 e. The maximum atomic E-state index is 12.3. The number of carbonyl (C=O) groups excluding carboxylic acids is 1. The van der Waals surface area contributed by atoms with E-state index in [1.165, 1.54) is 6.07 Å². The van der Waals surface area contributed by atoms with Gasteiger partial charge >= 0.3 is 6.18 Å². The molecule has 0 aliphatic rings. The normalized spacial score (nSPS) is 12.4. The number of nitriles is 1. The van der Waals surface area contributed by atoms with Crippen molar-refractivity contribution in [2.45, 2.75) is 6.18 Å². The van der Waals surface area contributed by atoms with Gasteiger partial charge in [-0.3, -0.25) is 4.79 Å². The van der Waals surface area contributed by atoms with E-state index in [9.17, 15) is 18.0 Å². The predicted octanol–water partition coefficient (Wildman–Crippen LogP) is 3.55. The summed E-state index contributed by atoms with van der Waals surface area (Å²) in [4.78, 5) is 10.8. The Kier molecular flexibility index (Phi) is 4.86. The molecule has 1 N–H and O–H groups in total. The van der Waals surface area contributed by atoms with Crippen LogP contribution in [0.3, 0.4) is 0 Å². The highest BCUT2D eigenvalue weighted by molar-refractivity contribution is 7.84. The second-order valence-electron chi connectivity index (χ2n) is 3.31. The van der Waals surface area contributed by atoms with E-state index in [-0.39, 0.29) is 10.7 Å². The average Bonchev–Trinajstić information content (AvgIpc) is 2.28. The molecule has 0 saturated carbocycles. The predicted molar refractivity (Wildman–Crippen MR) is 67.6 cm³/mol. The lowest BCUT2D eigenvalue weighted by Crippen LogP contribution is -2.05. The quantitative estimate of drug-likeness (QED) is 0.389. The second kappa shape index (κ2) is 5.99. The number of hydrogen-bond acceptors (Lipinski definition) is 4. The first kappa shape index (κ1) is 15.4. The molecule has 0 aliphatic carbocycles. The molecule has 0 aliphatic heterocycles. The van der Waals surface area contributed by atoms with E-state index < -0.39 is 22.6 Å². The van der Waals surface area contributed by atoms with E-state index >= 15 is 0 Å². The van der Waals surface area contributed by atoms with E-state index in [1.54, 1.807) is 0 Å². The highest BCUT2D eigenvalue weighted by Crippen LogP contribution is 2.30. The fraction of sp³-hybridized carbons (Fsp3) is 0.0909. The highest BCUT2D eigenvalue weighted by Gasteiger charge is 2.29. The molecule has 0 spiro atoms. The van der Waals surface area contributed by atoms with Crippen molar-refractivity contribution in [3.8, 4) is 6.07 Å². The zero-order valence-electron chi connectivity index (χ0n) is 9.12. The van der Waals surface area contributed by atoms with Crippen LogP contribution in [-0.4, -0.2) is 5.24 Å². The third-order valence-electron chi connectivity index (χ3n) is 2.02. The molecule has 0 heterocycles. The molecule has 19 heavy (non-hydrogen) atoms. The molecule has 1 aromatic carbocycles. The lowest BCUT2D eigenvalue weighted by Gasteiger charge is -2.09. The summed E-state index contributed by atoms with van der Waals surface area (Å²) in [5.74, 6) is 0. The number of thiol groups is 1. The SMILES string of the molecule is N#CC(C(=O)Cl)=C(S)Nc1ccc(C(F)(F)F)cc1. The van der Waals surface area contributed by atoms with E-state index in [1.807, 2.05) is 0 Å². The number of hydrogen-bond donors (Lipinski definition) is 2. The smallest absolute Gasteiger partial charge is 0.349 e. The van der Waals surface area contributed by atoms with Gasteiger partial charge in [-0.05, 0) is 35.9 Å². The van der Waals surface area contributed by atoms with Gasteiger partial charge in [-0.25, -0.2) is 0 Å². The Bertz CT molecular complexity index is 561. The zero-order chi connectivity index (χ0) is 14.6. The molecular formula is C11H6ClF3N2OS. The van der Waals surface area contributed by atoms with E-state index in [0.717, 1.165) is 24.3 Å². The number of rotatable bonds is 3. The molecule has 3 nitrogen and oxygen atoms in total. The van der Waals surface area contributed by atoms with Crippen molar-refractivity contribution in [3.63, 3.8) is 0 Å². The summed E-state index contributed by atoms with van der Waals surface area (Å²) in [5, 5.41) is 10.0. The van der Waals surface area contributed by atoms with Crippen molar-refractivity contribution in [1.29, 1.82) is 5.26 Å². The molecule has 0 aromatic heterocycles. The number of anilines is 1. The number of carbonyl (C=O) groups is 1. The molecule has 0 amide bonds. The second-order valence-corrected chi connectivity index (χ2v) is 4.10. The molecular weight excluding hydrogens is 301 g/mol. The number of allylic oxidation sites excluding steroid dienone is 1. The van der Waals surface area contributed by atoms with Gasteiger partial charge in [-0.2, -0.15) is 18.4 Å². The van der Waals surface area contributed by atoms with Crippen LogP contribution in [0.1, 0.15) is 5.56 Å². The van der Waals surface area contributed by atoms with Gasteiger partial charge in [0.15, 0.2) is 0 Å². The third-order valence-corrected chi connectivity index (χ3v) is 2.54. The van der Waals surface area contributed by atoms with Crippen molar-refractivity contribution in [3.05, 3.63) is 40.4 Å². The molecule has 100 valence electrons. The molecule has 0 unspecified atom stereocenters. The molecule has 0 fully saturated rings. The lowest BCUT2D eigenvalue weighted by atomic mass is 10.2. The van der Waals surface area contributed by atoms with Gasteiger partial charge in [0.1, 0.15) is 11.6 Å². The number of benzene rings is 1. The van der Waals surface area contributed by atoms with Crippen molar-refractivity contribution >= 4 is 35.2 Å². The van der Waals surface area contributed by atoms with Crippen molar-refractivity contribution in [2.75, 3.05) is 5.32 Å². The third kappa shape index (κ3) is 4.19. The minimum atomic E-state index is -4.43. The first-order chi connectivity index (χ1) is 8.75. The molecule has 0 radical (unpaired) electrons. The summed E-state index contributed by atoms with van der Waals surface area (Å²) < 4.78 is 37.0. The number of nitrogens with one attached hydrogen (secondary N) is 1. The molecule has 1 rings (SSSR count). The number of alkyl halides is 3. The Hall–Kier alpha value is -1.65. The van der Waals surface area contributed by atoms with Gasteiger partial charge in [0.25, 0.3) is 5.24 Å². The van der Waals surface area contributed by atoms with Gasteiger partial charge in [0, 0.05) is 5.69 Å². The Morgan fingerprint density at radius 2 is 1.84 bits per heavy atom. The van der Waals surface area contributed by atoms with E-state index in [2.05, 4.69) is 17.9 Å². The Morgan fingerprint density at radius 3 is 2.21 bits per heavy atom. The molecule has 0 saturated heterocycles. The maximum Gasteiger partial charge on any atom is 0.416 e. The van der Waals surface area contributed by atoms with Crippen LogP contribution in [0, 0.1) is 11.3 Å². The van der Waals surface area contributed by atoms with E-state index in [4.69, 9.17) is 16.9 Å². The molecule has 1 aromatic rings. The van der Waals surface area contributed by atoms with Crippen LogP contribution in [-0.2, 0) is 11.0 Å². The van der Waals surface area contributed by atoms with Gasteiger partial charge in [-0.1, -0.05) is 0 Å². The lowest BCUT2D eigenvalue weighted by molar-refractivity contribution is -0.137. The monoisotopic (exact) mass is 306 g/mol. The summed E-state index contributed by atoms with van der Waals surface area (Å²) in [6, 6.07) is 5.55. The fourth-order valence-electron chi connectivity index (χ4n) is 1.13. The summed E-state index contributed by atoms with van der Waals surface area (Å²) >= 11 is 8.99. The molecule has 8 heteroatoms. The van der Waals surface area contributed by atoms with Crippen LogP contribution in [0.4, 0.5) is 18.9 Å². The number of nitrogens with zero attached hydrogens (tertiary/aromatic N) is 1. The topological polar surface area (TPSA) is 52.9 Å². The first-order valence-electron chi connectivity index (χ1n) is 4.73. The largest absolute Gasteiger partial charge is 0.416 e. The Morgan fingerprint density at radius 1 is 1.32 bits per heavy atom. The number of halogens is 4. The van der Waals surface area contributed by atoms with Gasteiger partial charge in [0.05, 0.1) is 10.6 Å². The van der Waals surface area contributed by atoms with Gasteiger partial charge in [-0.15, -0.1) is 12.6 Å². The summed E-state index contributed by atoms with van der Waals surface area (Å²) in [5.41, 5.74) is -0.995. The van der Waals surface area contributed by atoms with Crippen molar-refractivity contribution < 1.29 is 18.0 Å². The highest BCUT2D eigenvalue weighted by atomic mass is 35.5. The summed E-state index contributed by atoms with van der Waals surface area (Å²) in [6.45, 7) is 0.